The van der Waals surface area contributed by atoms with Gasteiger partial charge in [-0.05, 0) is 36.2 Å². The van der Waals surface area contributed by atoms with E-state index in [4.69, 9.17) is 0 Å². The molecular formula is C16H17NO2. The molecule has 0 saturated heterocycles. The van der Waals surface area contributed by atoms with E-state index in [0.717, 1.165) is 29.2 Å². The minimum atomic E-state index is -0.695. The van der Waals surface area contributed by atoms with Crippen LogP contribution in [0.5, 0.6) is 0 Å². The summed E-state index contributed by atoms with van der Waals surface area (Å²) in [7, 11) is 1.84. The summed E-state index contributed by atoms with van der Waals surface area (Å²) < 4.78 is 0. The largest absolute Gasteiger partial charge is 0.481 e. The van der Waals surface area contributed by atoms with Crippen LogP contribution < -0.4 is 5.32 Å². The first-order valence-electron chi connectivity index (χ1n) is 6.57. The van der Waals surface area contributed by atoms with Gasteiger partial charge in [-0.1, -0.05) is 42.5 Å². The molecule has 1 unspecified atom stereocenters. The Bertz CT molecular complexity index is 626. The zero-order valence-corrected chi connectivity index (χ0v) is 10.9. The Balaban J connectivity index is 2.15. The fourth-order valence-electron chi connectivity index (χ4n) is 2.99. The van der Waals surface area contributed by atoms with E-state index in [1.807, 2.05) is 31.3 Å². The molecular weight excluding hydrogens is 238 g/mol. The molecule has 1 saturated carbocycles. The van der Waals surface area contributed by atoms with Crippen LogP contribution in [-0.2, 0) is 4.79 Å². The van der Waals surface area contributed by atoms with Crippen LogP contribution in [0.3, 0.4) is 0 Å². The predicted molar refractivity (Wildman–Crippen MR) is 75.1 cm³/mol. The van der Waals surface area contributed by atoms with Gasteiger partial charge < -0.3 is 10.4 Å². The molecule has 0 aromatic heterocycles. The number of nitrogens with one attached hydrogen (secondary N) is 1. The van der Waals surface area contributed by atoms with Gasteiger partial charge in [-0.3, -0.25) is 4.79 Å². The van der Waals surface area contributed by atoms with Crippen molar-refractivity contribution in [1.29, 1.82) is 0 Å². The second kappa shape index (κ2) is 4.35. The van der Waals surface area contributed by atoms with Gasteiger partial charge in [0.05, 0.1) is 5.41 Å². The van der Waals surface area contributed by atoms with E-state index < -0.39 is 11.4 Å². The van der Waals surface area contributed by atoms with Crippen molar-refractivity contribution in [3.05, 3.63) is 48.0 Å². The van der Waals surface area contributed by atoms with Crippen molar-refractivity contribution in [1.82, 2.24) is 5.32 Å². The maximum atomic E-state index is 11.6. The highest BCUT2D eigenvalue weighted by atomic mass is 16.4. The van der Waals surface area contributed by atoms with Crippen molar-refractivity contribution in [3.63, 3.8) is 0 Å². The minimum absolute atomic E-state index is 0.129. The van der Waals surface area contributed by atoms with Crippen LogP contribution in [0.15, 0.2) is 42.5 Å². The molecule has 0 heterocycles. The maximum absolute atomic E-state index is 11.6. The van der Waals surface area contributed by atoms with Gasteiger partial charge in [-0.15, -0.1) is 0 Å². The fraction of sp³-hybridized carbons (Fsp3) is 0.312. The van der Waals surface area contributed by atoms with E-state index in [-0.39, 0.29) is 6.04 Å². The number of carboxylic acids is 1. The van der Waals surface area contributed by atoms with Crippen LogP contribution in [0.2, 0.25) is 0 Å². The van der Waals surface area contributed by atoms with Crippen LogP contribution in [0.1, 0.15) is 24.4 Å². The molecule has 3 heteroatoms. The lowest BCUT2D eigenvalue weighted by atomic mass is 9.87. The molecule has 1 aliphatic rings. The summed E-state index contributed by atoms with van der Waals surface area (Å²) in [6.45, 7) is 0. The average Bonchev–Trinajstić information content (AvgIpc) is 3.22. The Kier molecular flexibility index (Phi) is 2.79. The van der Waals surface area contributed by atoms with Gasteiger partial charge >= 0.3 is 5.97 Å². The van der Waals surface area contributed by atoms with Crippen molar-refractivity contribution in [3.8, 4) is 0 Å². The van der Waals surface area contributed by atoms with Gasteiger partial charge in [-0.2, -0.15) is 0 Å². The third kappa shape index (κ3) is 1.81. The van der Waals surface area contributed by atoms with E-state index in [2.05, 4.69) is 23.5 Å². The number of rotatable bonds is 4. The van der Waals surface area contributed by atoms with Crippen molar-refractivity contribution < 1.29 is 9.90 Å². The van der Waals surface area contributed by atoms with E-state index >= 15 is 0 Å². The summed E-state index contributed by atoms with van der Waals surface area (Å²) in [6, 6.07) is 14.1. The Morgan fingerprint density at radius 1 is 1.21 bits per heavy atom. The third-order valence-electron chi connectivity index (χ3n) is 4.19. The second-order valence-electron chi connectivity index (χ2n) is 5.25. The lowest BCUT2D eigenvalue weighted by Gasteiger charge is -2.25. The Morgan fingerprint density at radius 2 is 1.89 bits per heavy atom. The highest BCUT2D eigenvalue weighted by Gasteiger charge is 2.56. The molecule has 2 N–H and O–H groups in total. The van der Waals surface area contributed by atoms with E-state index in [9.17, 15) is 9.90 Å². The Morgan fingerprint density at radius 3 is 2.53 bits per heavy atom. The molecule has 3 nitrogen and oxygen atoms in total. The lowest BCUT2D eigenvalue weighted by Crippen LogP contribution is -2.32. The summed E-state index contributed by atoms with van der Waals surface area (Å²) in [5.41, 5.74) is 0.458. The van der Waals surface area contributed by atoms with E-state index in [1.54, 1.807) is 0 Å². The number of carboxylic acid groups (broad SMARTS) is 1. The molecule has 1 atom stereocenters. The highest BCUT2D eigenvalue weighted by Crippen LogP contribution is 2.55. The molecule has 98 valence electrons. The van der Waals surface area contributed by atoms with Crippen LogP contribution in [0.4, 0.5) is 0 Å². The smallest absolute Gasteiger partial charge is 0.311 e. The summed E-state index contributed by atoms with van der Waals surface area (Å²) >= 11 is 0. The summed E-state index contributed by atoms with van der Waals surface area (Å²) in [4.78, 5) is 11.6. The van der Waals surface area contributed by atoms with Crippen molar-refractivity contribution >= 4 is 16.7 Å². The number of hydrogen-bond acceptors (Lipinski definition) is 2. The second-order valence-corrected chi connectivity index (χ2v) is 5.25. The van der Waals surface area contributed by atoms with Gasteiger partial charge in [0, 0.05) is 6.04 Å². The number of carbonyl (C=O) groups is 1. The number of benzene rings is 2. The van der Waals surface area contributed by atoms with E-state index in [0.29, 0.717) is 0 Å². The van der Waals surface area contributed by atoms with E-state index in [1.165, 1.54) is 0 Å². The maximum Gasteiger partial charge on any atom is 0.311 e. The molecule has 0 aliphatic heterocycles. The zero-order chi connectivity index (χ0) is 13.5. The standard InChI is InChI=1S/C16H17NO2/c1-17-14(16(9-10-16)15(18)19)13-8-4-6-11-5-2-3-7-12(11)13/h2-8,14,17H,9-10H2,1H3,(H,18,19). The molecule has 0 bridgehead atoms. The summed E-state index contributed by atoms with van der Waals surface area (Å²) in [5.74, 6) is -0.695. The molecule has 3 rings (SSSR count). The Labute approximate surface area is 112 Å². The molecule has 1 fully saturated rings. The molecule has 1 aliphatic carbocycles. The van der Waals surface area contributed by atoms with Crippen LogP contribution in [0.25, 0.3) is 10.8 Å². The van der Waals surface area contributed by atoms with Gasteiger partial charge in [0.1, 0.15) is 0 Å². The molecule has 19 heavy (non-hydrogen) atoms. The number of aliphatic carboxylic acids is 1. The first kappa shape index (κ1) is 12.2. The average molecular weight is 255 g/mol. The summed E-state index contributed by atoms with van der Waals surface area (Å²) in [5, 5.41) is 15.0. The predicted octanol–water partition coefficient (Wildman–Crippen LogP) is 2.97. The third-order valence-corrected chi connectivity index (χ3v) is 4.19. The molecule has 2 aromatic rings. The first-order valence-corrected chi connectivity index (χ1v) is 6.57. The van der Waals surface area contributed by atoms with Crippen molar-refractivity contribution in [2.24, 2.45) is 5.41 Å². The van der Waals surface area contributed by atoms with Crippen LogP contribution in [0, 0.1) is 5.41 Å². The first-order chi connectivity index (χ1) is 9.19. The molecule has 2 aromatic carbocycles. The number of hydrogen-bond donors (Lipinski definition) is 2. The van der Waals surface area contributed by atoms with Crippen molar-refractivity contribution in [2.45, 2.75) is 18.9 Å². The number of fused-ring (bicyclic) bond motifs is 1. The normalized spacial score (nSPS) is 18.2. The molecule has 0 amide bonds. The molecule has 0 radical (unpaired) electrons. The monoisotopic (exact) mass is 255 g/mol. The Hall–Kier alpha value is -1.87. The van der Waals surface area contributed by atoms with Crippen LogP contribution >= 0.6 is 0 Å². The quantitative estimate of drug-likeness (QED) is 0.883. The zero-order valence-electron chi connectivity index (χ0n) is 10.9. The van der Waals surface area contributed by atoms with Gasteiger partial charge in [0.2, 0.25) is 0 Å². The van der Waals surface area contributed by atoms with Gasteiger partial charge in [0.25, 0.3) is 0 Å². The minimum Gasteiger partial charge on any atom is -0.481 e. The van der Waals surface area contributed by atoms with Gasteiger partial charge in [0.15, 0.2) is 0 Å². The van der Waals surface area contributed by atoms with Crippen LogP contribution in [-0.4, -0.2) is 18.1 Å². The summed E-state index contributed by atoms with van der Waals surface area (Å²) in [6.07, 6.45) is 1.49. The molecule has 0 spiro atoms. The topological polar surface area (TPSA) is 49.3 Å². The van der Waals surface area contributed by atoms with Crippen molar-refractivity contribution in [2.75, 3.05) is 7.05 Å². The SMILES string of the molecule is CNC(c1cccc2ccccc12)C1(C(=O)O)CC1. The van der Waals surface area contributed by atoms with Gasteiger partial charge in [-0.25, -0.2) is 0 Å². The lowest BCUT2D eigenvalue weighted by molar-refractivity contribution is -0.144. The fourth-order valence-corrected chi connectivity index (χ4v) is 2.99. The highest BCUT2D eigenvalue weighted by molar-refractivity contribution is 5.88.